The van der Waals surface area contributed by atoms with E-state index in [0.717, 1.165) is 0 Å². The molecule has 0 bridgehead atoms. The fraction of sp³-hybridized carbons (Fsp3) is 0.818. The fourth-order valence-electron chi connectivity index (χ4n) is 1.45. The molecule has 2 unspecified atom stereocenters. The Bertz CT molecular complexity index is 276. The van der Waals surface area contributed by atoms with Crippen LogP contribution in [0, 0.1) is 5.92 Å². The Kier molecular flexibility index (Phi) is 9.88. The number of rotatable bonds is 7. The van der Waals surface area contributed by atoms with E-state index in [4.69, 9.17) is 4.74 Å². The maximum atomic E-state index is 11.8. The quantitative estimate of drug-likeness (QED) is 0.641. The van der Waals surface area contributed by atoms with Crippen molar-refractivity contribution >= 4 is 24.3 Å². The predicted molar refractivity (Wildman–Crippen MR) is 70.8 cm³/mol. The van der Waals surface area contributed by atoms with Crippen molar-refractivity contribution in [1.29, 1.82) is 0 Å². The lowest BCUT2D eigenvalue weighted by Gasteiger charge is -2.28. The molecule has 0 aliphatic heterocycles. The molecule has 108 valence electrons. The largest absolute Gasteiger partial charge is 0.467 e. The van der Waals surface area contributed by atoms with E-state index in [2.05, 4.69) is 15.4 Å². The molecule has 0 aromatic heterocycles. The van der Waals surface area contributed by atoms with E-state index in [9.17, 15) is 9.59 Å². The first-order chi connectivity index (χ1) is 7.91. The zero-order chi connectivity index (χ0) is 13.5. The van der Waals surface area contributed by atoms with Gasteiger partial charge in [0.25, 0.3) is 0 Å². The highest BCUT2D eigenvalue weighted by molar-refractivity contribution is 5.88. The van der Waals surface area contributed by atoms with Crippen molar-refractivity contribution in [1.82, 2.24) is 10.6 Å². The first kappa shape index (κ1) is 19.5. The lowest BCUT2D eigenvalue weighted by atomic mass is 10.0. The van der Waals surface area contributed by atoms with Crippen LogP contribution in [0.15, 0.2) is 0 Å². The van der Waals surface area contributed by atoms with Crippen molar-refractivity contribution < 1.29 is 19.1 Å². The van der Waals surface area contributed by atoms with Crippen molar-refractivity contribution in [3.8, 4) is 0 Å². The molecule has 7 heteroatoms. The smallest absolute Gasteiger partial charge is 0.333 e. The highest BCUT2D eigenvalue weighted by atomic mass is 35.5. The Morgan fingerprint density at radius 3 is 2.28 bits per heavy atom. The molecule has 0 saturated heterocycles. The van der Waals surface area contributed by atoms with E-state index in [1.807, 2.05) is 0 Å². The number of nitrogens with one attached hydrogen (secondary N) is 2. The number of esters is 1. The second-order valence-corrected chi connectivity index (χ2v) is 4.20. The van der Waals surface area contributed by atoms with E-state index in [1.54, 1.807) is 20.9 Å². The molecule has 1 amide bonds. The topological polar surface area (TPSA) is 76.7 Å². The van der Waals surface area contributed by atoms with Crippen LogP contribution < -0.4 is 10.6 Å². The van der Waals surface area contributed by atoms with E-state index >= 15 is 0 Å². The normalized spacial score (nSPS) is 14.9. The Labute approximate surface area is 114 Å². The molecule has 0 aliphatic carbocycles. The van der Waals surface area contributed by atoms with Crippen LogP contribution >= 0.6 is 12.4 Å². The van der Waals surface area contributed by atoms with E-state index in [1.165, 1.54) is 14.2 Å². The minimum absolute atomic E-state index is 0. The number of methoxy groups -OCH3 is 2. The maximum Gasteiger partial charge on any atom is 0.333 e. The summed E-state index contributed by atoms with van der Waals surface area (Å²) in [5.74, 6) is -0.977. The number of carbonyl (C=O) groups is 2. The average molecular weight is 283 g/mol. The van der Waals surface area contributed by atoms with Gasteiger partial charge in [-0.05, 0) is 14.0 Å². The first-order valence-electron chi connectivity index (χ1n) is 5.45. The molecule has 0 radical (unpaired) electrons. The monoisotopic (exact) mass is 282 g/mol. The summed E-state index contributed by atoms with van der Waals surface area (Å²) in [6, 6.07) is 0. The molecule has 0 aliphatic rings. The van der Waals surface area contributed by atoms with Crippen LogP contribution in [0.4, 0.5) is 0 Å². The summed E-state index contributed by atoms with van der Waals surface area (Å²) in [6.45, 7) is 3.95. The number of carbonyl (C=O) groups excluding carboxylic acids is 2. The van der Waals surface area contributed by atoms with Crippen LogP contribution in [0.3, 0.4) is 0 Å². The molecule has 0 aromatic carbocycles. The van der Waals surface area contributed by atoms with Gasteiger partial charge < -0.3 is 20.1 Å². The van der Waals surface area contributed by atoms with Crippen molar-refractivity contribution in [3.63, 3.8) is 0 Å². The Balaban J connectivity index is 0. The van der Waals surface area contributed by atoms with Crippen molar-refractivity contribution in [2.45, 2.75) is 19.4 Å². The van der Waals surface area contributed by atoms with Crippen LogP contribution in [-0.2, 0) is 19.1 Å². The third-order valence-corrected chi connectivity index (χ3v) is 2.43. The predicted octanol–water partition coefficient (Wildman–Crippen LogP) is -0.0420. The maximum absolute atomic E-state index is 11.8. The highest BCUT2D eigenvalue weighted by Gasteiger charge is 2.37. The molecule has 0 fully saturated rings. The summed E-state index contributed by atoms with van der Waals surface area (Å²) in [4.78, 5) is 23.4. The van der Waals surface area contributed by atoms with Gasteiger partial charge in [-0.15, -0.1) is 12.4 Å². The van der Waals surface area contributed by atoms with Gasteiger partial charge in [0, 0.05) is 19.6 Å². The lowest BCUT2D eigenvalue weighted by Crippen LogP contribution is -2.57. The number of amides is 1. The Morgan fingerprint density at radius 1 is 1.33 bits per heavy atom. The van der Waals surface area contributed by atoms with Gasteiger partial charge in [-0.1, -0.05) is 6.92 Å². The lowest BCUT2D eigenvalue weighted by molar-refractivity contribution is -0.153. The molecule has 0 spiro atoms. The van der Waals surface area contributed by atoms with Gasteiger partial charge in [0.2, 0.25) is 5.91 Å². The molecule has 0 rings (SSSR count). The van der Waals surface area contributed by atoms with Crippen LogP contribution in [0.2, 0.25) is 0 Å². The van der Waals surface area contributed by atoms with Crippen molar-refractivity contribution in [2.24, 2.45) is 5.92 Å². The molecule has 6 nitrogen and oxygen atoms in total. The Morgan fingerprint density at radius 2 is 1.89 bits per heavy atom. The standard InChI is InChI=1S/C11H22N2O4.ClH/c1-8(6-12-3)9(14)13-11(2,7-16-4)10(15)17-5;/h8,12H,6-7H2,1-5H3,(H,13,14);1H. The zero-order valence-electron chi connectivity index (χ0n) is 11.5. The second-order valence-electron chi connectivity index (χ2n) is 4.20. The summed E-state index contributed by atoms with van der Waals surface area (Å²) in [7, 11) is 4.50. The number of ether oxygens (including phenoxy) is 2. The van der Waals surface area contributed by atoms with E-state index < -0.39 is 11.5 Å². The van der Waals surface area contributed by atoms with Crippen LogP contribution in [-0.4, -0.2) is 51.8 Å². The van der Waals surface area contributed by atoms with Gasteiger partial charge in [-0.2, -0.15) is 0 Å². The number of hydrogen-bond donors (Lipinski definition) is 2. The van der Waals surface area contributed by atoms with Gasteiger partial charge in [0.1, 0.15) is 0 Å². The van der Waals surface area contributed by atoms with Gasteiger partial charge in [-0.25, -0.2) is 4.79 Å². The first-order valence-corrected chi connectivity index (χ1v) is 5.45. The third-order valence-electron chi connectivity index (χ3n) is 2.43. The van der Waals surface area contributed by atoms with Crippen LogP contribution in [0.5, 0.6) is 0 Å². The van der Waals surface area contributed by atoms with Crippen LogP contribution in [0.25, 0.3) is 0 Å². The molecule has 2 atom stereocenters. The zero-order valence-corrected chi connectivity index (χ0v) is 12.3. The Hall–Kier alpha value is -0.850. The van der Waals surface area contributed by atoms with Crippen molar-refractivity contribution in [2.75, 3.05) is 34.4 Å². The molecule has 0 saturated carbocycles. The number of hydrogen-bond acceptors (Lipinski definition) is 5. The second kappa shape index (κ2) is 9.13. The summed E-state index contributed by atoms with van der Waals surface area (Å²) >= 11 is 0. The minimum Gasteiger partial charge on any atom is -0.467 e. The van der Waals surface area contributed by atoms with Crippen LogP contribution in [0.1, 0.15) is 13.8 Å². The van der Waals surface area contributed by atoms with Gasteiger partial charge >= 0.3 is 5.97 Å². The van der Waals surface area contributed by atoms with E-state index in [0.29, 0.717) is 6.54 Å². The average Bonchev–Trinajstić information content (AvgIpc) is 2.28. The summed E-state index contributed by atoms with van der Waals surface area (Å²) < 4.78 is 9.60. The number of halogens is 1. The van der Waals surface area contributed by atoms with Gasteiger partial charge in [0.05, 0.1) is 13.7 Å². The molecule has 2 N–H and O–H groups in total. The van der Waals surface area contributed by atoms with Gasteiger partial charge in [-0.3, -0.25) is 4.79 Å². The fourth-order valence-corrected chi connectivity index (χ4v) is 1.45. The van der Waals surface area contributed by atoms with Crippen molar-refractivity contribution in [3.05, 3.63) is 0 Å². The highest BCUT2D eigenvalue weighted by Crippen LogP contribution is 2.08. The summed E-state index contributed by atoms with van der Waals surface area (Å²) in [5, 5.41) is 5.55. The molecular weight excluding hydrogens is 260 g/mol. The molecule has 0 heterocycles. The summed E-state index contributed by atoms with van der Waals surface area (Å²) in [5.41, 5.74) is -1.15. The molecular formula is C11H23ClN2O4. The third kappa shape index (κ3) is 5.66. The molecule has 0 aromatic rings. The SMILES string of the molecule is CNCC(C)C(=O)NC(C)(COC)C(=O)OC.Cl. The molecule has 18 heavy (non-hydrogen) atoms. The van der Waals surface area contributed by atoms with E-state index in [-0.39, 0.29) is 30.8 Å². The minimum atomic E-state index is -1.15. The summed E-state index contributed by atoms with van der Waals surface area (Å²) in [6.07, 6.45) is 0. The van der Waals surface area contributed by atoms with Gasteiger partial charge in [0.15, 0.2) is 5.54 Å².